The summed E-state index contributed by atoms with van der Waals surface area (Å²) in [5.74, 6) is 0.849. The summed E-state index contributed by atoms with van der Waals surface area (Å²) in [6.45, 7) is 0.344. The van der Waals surface area contributed by atoms with E-state index in [2.05, 4.69) is 4.98 Å². The molecule has 1 saturated heterocycles. The van der Waals surface area contributed by atoms with Crippen LogP contribution in [0.4, 0.5) is 5.82 Å². The maximum absolute atomic E-state index is 12.0. The fourth-order valence-electron chi connectivity index (χ4n) is 4.13. The van der Waals surface area contributed by atoms with Crippen LogP contribution in [0.15, 0.2) is 24.5 Å². The maximum Gasteiger partial charge on any atom is 0.240 e. The number of anilines is 1. The quantitative estimate of drug-likeness (QED) is 0.715. The lowest BCUT2D eigenvalue weighted by Gasteiger charge is -2.24. The largest absolute Gasteiger partial charge is 0.391 e. The Morgan fingerprint density at radius 1 is 1.33 bits per heavy atom. The smallest absolute Gasteiger partial charge is 0.240 e. The Labute approximate surface area is 159 Å². The van der Waals surface area contributed by atoms with Gasteiger partial charge in [-0.05, 0) is 37.0 Å². The van der Waals surface area contributed by atoms with Gasteiger partial charge < -0.3 is 15.7 Å². The summed E-state index contributed by atoms with van der Waals surface area (Å²) in [6.07, 6.45) is 6.35. The first-order valence-corrected chi connectivity index (χ1v) is 9.90. The molecule has 1 amide bonds. The maximum atomic E-state index is 12.0. The molecule has 0 radical (unpaired) electrons. The van der Waals surface area contributed by atoms with Crippen LogP contribution < -0.4 is 10.6 Å². The molecule has 5 rings (SSSR count). The van der Waals surface area contributed by atoms with Gasteiger partial charge >= 0.3 is 0 Å². The SMILES string of the molecule is NC(=O)[C@H]1C[C@H](O)CN1c1nc(-c2cccnc2)nc2sc3c(c12)CCC3. The Hall–Kier alpha value is -2.58. The van der Waals surface area contributed by atoms with Crippen molar-refractivity contribution < 1.29 is 9.90 Å². The Morgan fingerprint density at radius 2 is 2.22 bits per heavy atom. The number of aromatic nitrogens is 3. The number of aryl methyl sites for hydroxylation is 2. The number of rotatable bonds is 3. The van der Waals surface area contributed by atoms with Gasteiger partial charge in [0.25, 0.3) is 0 Å². The predicted molar refractivity (Wildman–Crippen MR) is 104 cm³/mol. The van der Waals surface area contributed by atoms with E-state index in [4.69, 9.17) is 15.7 Å². The summed E-state index contributed by atoms with van der Waals surface area (Å²) >= 11 is 1.70. The third-order valence-electron chi connectivity index (χ3n) is 5.34. The molecule has 3 aromatic rings. The lowest BCUT2D eigenvalue weighted by molar-refractivity contribution is -0.119. The number of amides is 1. The van der Waals surface area contributed by atoms with Gasteiger partial charge in [-0.2, -0.15) is 0 Å². The minimum absolute atomic E-state index is 0.329. The van der Waals surface area contributed by atoms with Crippen molar-refractivity contribution in [3.8, 4) is 11.4 Å². The van der Waals surface area contributed by atoms with E-state index in [0.717, 1.165) is 35.0 Å². The number of hydrogen-bond donors (Lipinski definition) is 2. The van der Waals surface area contributed by atoms with Crippen LogP contribution in [0, 0.1) is 0 Å². The van der Waals surface area contributed by atoms with Gasteiger partial charge in [0, 0.05) is 35.8 Å². The van der Waals surface area contributed by atoms with Gasteiger partial charge in [-0.15, -0.1) is 11.3 Å². The number of nitrogens with two attached hydrogens (primary N) is 1. The molecular formula is C19H19N5O2S. The number of carbonyl (C=O) groups excluding carboxylic acids is 1. The highest BCUT2D eigenvalue weighted by Crippen LogP contribution is 2.42. The zero-order valence-electron chi connectivity index (χ0n) is 14.6. The minimum atomic E-state index is -0.596. The molecule has 1 fully saturated rings. The van der Waals surface area contributed by atoms with E-state index >= 15 is 0 Å². The average Bonchev–Trinajstić information content (AvgIpc) is 3.35. The molecule has 27 heavy (non-hydrogen) atoms. The second kappa shape index (κ2) is 6.24. The first kappa shape index (κ1) is 16.6. The summed E-state index contributed by atoms with van der Waals surface area (Å²) < 4.78 is 0. The highest BCUT2D eigenvalue weighted by atomic mass is 32.1. The normalized spacial score (nSPS) is 21.7. The first-order valence-electron chi connectivity index (χ1n) is 9.08. The molecule has 1 aliphatic heterocycles. The van der Waals surface area contributed by atoms with E-state index in [-0.39, 0.29) is 0 Å². The fourth-order valence-corrected chi connectivity index (χ4v) is 5.38. The van der Waals surface area contributed by atoms with Crippen LogP contribution in [0.2, 0.25) is 0 Å². The number of aliphatic hydroxyl groups excluding tert-OH is 1. The van der Waals surface area contributed by atoms with Crippen molar-refractivity contribution in [2.24, 2.45) is 5.73 Å². The molecule has 4 heterocycles. The van der Waals surface area contributed by atoms with Gasteiger partial charge in [0.15, 0.2) is 5.82 Å². The third-order valence-corrected chi connectivity index (χ3v) is 6.53. The Kier molecular flexibility index (Phi) is 3.84. The van der Waals surface area contributed by atoms with Crippen molar-refractivity contribution >= 4 is 33.3 Å². The molecule has 0 bridgehead atoms. The zero-order chi connectivity index (χ0) is 18.5. The van der Waals surface area contributed by atoms with E-state index in [1.165, 1.54) is 10.4 Å². The molecule has 0 aromatic carbocycles. The average molecular weight is 381 g/mol. The van der Waals surface area contributed by atoms with Crippen molar-refractivity contribution in [3.63, 3.8) is 0 Å². The number of nitrogens with zero attached hydrogens (tertiary/aromatic N) is 4. The third kappa shape index (κ3) is 2.67. The van der Waals surface area contributed by atoms with Crippen LogP contribution in [-0.4, -0.2) is 44.7 Å². The van der Waals surface area contributed by atoms with E-state index in [9.17, 15) is 9.90 Å². The summed E-state index contributed by atoms with van der Waals surface area (Å²) in [5.41, 5.74) is 7.73. The highest BCUT2D eigenvalue weighted by molar-refractivity contribution is 7.19. The van der Waals surface area contributed by atoms with Crippen LogP contribution in [0.1, 0.15) is 23.3 Å². The molecule has 138 valence electrons. The van der Waals surface area contributed by atoms with Gasteiger partial charge in [-0.3, -0.25) is 9.78 Å². The van der Waals surface area contributed by atoms with Crippen LogP contribution in [0.3, 0.4) is 0 Å². The minimum Gasteiger partial charge on any atom is -0.391 e. The Morgan fingerprint density at radius 3 is 3.00 bits per heavy atom. The molecule has 7 nitrogen and oxygen atoms in total. The van der Waals surface area contributed by atoms with Gasteiger partial charge in [0.1, 0.15) is 16.7 Å². The number of fused-ring (bicyclic) bond motifs is 3. The van der Waals surface area contributed by atoms with Crippen molar-refractivity contribution in [1.29, 1.82) is 0 Å². The van der Waals surface area contributed by atoms with Crippen LogP contribution in [0.5, 0.6) is 0 Å². The molecule has 0 unspecified atom stereocenters. The zero-order valence-corrected chi connectivity index (χ0v) is 15.4. The lowest BCUT2D eigenvalue weighted by Crippen LogP contribution is -2.41. The second-order valence-electron chi connectivity index (χ2n) is 7.11. The van der Waals surface area contributed by atoms with E-state index < -0.39 is 18.1 Å². The molecule has 2 atom stereocenters. The number of pyridine rings is 1. The molecule has 0 spiro atoms. The van der Waals surface area contributed by atoms with Crippen molar-refractivity contribution in [3.05, 3.63) is 35.0 Å². The Bertz CT molecular complexity index is 1040. The standard InChI is InChI=1S/C19H19N5O2S/c20-16(26)13-7-11(25)9-24(13)18-15-12-4-1-5-14(12)27-19(15)23-17(22-18)10-3-2-6-21-8-10/h2-3,6,8,11,13,25H,1,4-5,7,9H2,(H2,20,26)/t11-,13+/m0/s1. The molecular weight excluding hydrogens is 362 g/mol. The predicted octanol–water partition coefficient (Wildman–Crippen LogP) is 1.67. The number of β-amino-alcohol motifs (C(OH)–C–C–N with tert-alkyl or cyclic N) is 1. The molecule has 3 aromatic heterocycles. The molecule has 3 N–H and O–H groups in total. The summed E-state index contributed by atoms with van der Waals surface area (Å²) in [5, 5.41) is 11.2. The number of hydrogen-bond acceptors (Lipinski definition) is 7. The number of thiophene rings is 1. The highest BCUT2D eigenvalue weighted by Gasteiger charge is 2.38. The van der Waals surface area contributed by atoms with Crippen LogP contribution in [-0.2, 0) is 17.6 Å². The summed E-state index contributed by atoms with van der Waals surface area (Å²) in [6, 6.07) is 3.21. The second-order valence-corrected chi connectivity index (χ2v) is 8.19. The van der Waals surface area contributed by atoms with E-state index in [1.807, 2.05) is 17.0 Å². The van der Waals surface area contributed by atoms with Gasteiger partial charge in [0.05, 0.1) is 11.5 Å². The van der Waals surface area contributed by atoms with E-state index in [1.54, 1.807) is 23.7 Å². The van der Waals surface area contributed by atoms with Crippen LogP contribution in [0.25, 0.3) is 21.6 Å². The number of aliphatic hydroxyl groups is 1. The molecule has 2 aliphatic rings. The number of primary amides is 1. The summed E-state index contributed by atoms with van der Waals surface area (Å²) in [4.78, 5) is 29.9. The first-order chi connectivity index (χ1) is 13.1. The topological polar surface area (TPSA) is 105 Å². The number of carbonyl (C=O) groups is 1. The van der Waals surface area contributed by atoms with Crippen molar-refractivity contribution in [2.45, 2.75) is 37.8 Å². The monoisotopic (exact) mass is 381 g/mol. The van der Waals surface area contributed by atoms with Gasteiger partial charge in [-0.25, -0.2) is 9.97 Å². The molecule has 1 aliphatic carbocycles. The van der Waals surface area contributed by atoms with Crippen molar-refractivity contribution in [2.75, 3.05) is 11.4 Å². The molecule has 8 heteroatoms. The molecule has 0 saturated carbocycles. The summed E-state index contributed by atoms with van der Waals surface area (Å²) in [7, 11) is 0. The van der Waals surface area contributed by atoms with Gasteiger partial charge in [0.2, 0.25) is 5.91 Å². The van der Waals surface area contributed by atoms with E-state index in [0.29, 0.717) is 24.6 Å². The van der Waals surface area contributed by atoms with Crippen LogP contribution >= 0.6 is 11.3 Å². The Balaban J connectivity index is 1.75. The lowest BCUT2D eigenvalue weighted by atomic mass is 10.1. The fraction of sp³-hybridized carbons (Fsp3) is 0.368. The van der Waals surface area contributed by atoms with Crippen molar-refractivity contribution in [1.82, 2.24) is 15.0 Å². The van der Waals surface area contributed by atoms with Gasteiger partial charge in [-0.1, -0.05) is 0 Å².